The Kier molecular flexibility index (Phi) is 6.03. The highest BCUT2D eigenvalue weighted by molar-refractivity contribution is 5.94. The van der Waals surface area contributed by atoms with E-state index in [1.165, 1.54) is 12.1 Å². The minimum atomic E-state index is -0.510. The topological polar surface area (TPSA) is 84.3 Å². The molecule has 126 valence electrons. The average Bonchev–Trinajstić information content (AvgIpc) is 2.56. The van der Waals surface area contributed by atoms with Gasteiger partial charge in [-0.3, -0.25) is 14.9 Å². The van der Waals surface area contributed by atoms with E-state index < -0.39 is 4.92 Å². The van der Waals surface area contributed by atoms with E-state index in [4.69, 9.17) is 0 Å². The van der Waals surface area contributed by atoms with Crippen molar-refractivity contribution in [3.05, 3.63) is 70.3 Å². The Balaban J connectivity index is 2.01. The van der Waals surface area contributed by atoms with Crippen molar-refractivity contribution in [2.24, 2.45) is 5.92 Å². The molecule has 24 heavy (non-hydrogen) atoms. The Morgan fingerprint density at radius 3 is 2.33 bits per heavy atom. The van der Waals surface area contributed by atoms with Crippen molar-refractivity contribution < 1.29 is 9.72 Å². The van der Waals surface area contributed by atoms with Crippen molar-refractivity contribution in [2.75, 3.05) is 11.9 Å². The van der Waals surface area contributed by atoms with Crippen LogP contribution in [0.4, 0.5) is 11.4 Å². The molecule has 0 spiro atoms. The molecule has 0 fully saturated rings. The van der Waals surface area contributed by atoms with E-state index in [9.17, 15) is 14.9 Å². The molecule has 0 aliphatic carbocycles. The van der Waals surface area contributed by atoms with Crippen molar-refractivity contribution in [1.82, 2.24) is 5.32 Å². The zero-order valence-corrected chi connectivity index (χ0v) is 13.7. The molecule has 2 N–H and O–H groups in total. The van der Waals surface area contributed by atoms with Crippen LogP contribution in [0.1, 0.15) is 25.5 Å². The van der Waals surface area contributed by atoms with Crippen LogP contribution < -0.4 is 10.6 Å². The van der Waals surface area contributed by atoms with Gasteiger partial charge in [-0.15, -0.1) is 0 Å². The molecule has 2 aromatic rings. The quantitative estimate of drug-likeness (QED) is 0.602. The van der Waals surface area contributed by atoms with Gasteiger partial charge in [-0.05, 0) is 17.5 Å². The molecular formula is C18H21N3O3. The third-order valence-electron chi connectivity index (χ3n) is 3.68. The normalized spacial score (nSPS) is 12.0. The number of nitrogens with zero attached hydrogens (tertiary/aromatic N) is 1. The van der Waals surface area contributed by atoms with Crippen LogP contribution in [0.5, 0.6) is 0 Å². The molecule has 0 aromatic heterocycles. The zero-order chi connectivity index (χ0) is 17.5. The summed E-state index contributed by atoms with van der Waals surface area (Å²) in [6, 6.07) is 16.0. The Morgan fingerprint density at radius 1 is 1.08 bits per heavy atom. The molecular weight excluding hydrogens is 306 g/mol. The van der Waals surface area contributed by atoms with E-state index in [0.717, 1.165) is 5.56 Å². The number of anilines is 1. The van der Waals surface area contributed by atoms with Crippen LogP contribution in [0.25, 0.3) is 0 Å². The molecule has 1 amide bonds. The first-order chi connectivity index (χ1) is 11.5. The predicted molar refractivity (Wildman–Crippen MR) is 93.7 cm³/mol. The van der Waals surface area contributed by atoms with Crippen molar-refractivity contribution in [2.45, 2.75) is 19.9 Å². The smallest absolute Gasteiger partial charge is 0.292 e. The molecule has 2 rings (SSSR count). The summed E-state index contributed by atoms with van der Waals surface area (Å²) in [5.74, 6) is -0.0165. The number of nitro groups is 1. The molecule has 0 radical (unpaired) electrons. The standard InChI is InChI=1S/C18H21N3O3/c1-13(2)18(14-8-4-3-5-9-14)19-12-17(22)20-15-10-6-7-11-16(15)21(23)24/h3-11,13,18-19H,12H2,1-2H3,(H,20,22)/t18-/m0/s1. The van der Waals surface area contributed by atoms with Crippen molar-refractivity contribution in [3.8, 4) is 0 Å². The molecule has 0 bridgehead atoms. The third-order valence-corrected chi connectivity index (χ3v) is 3.68. The number of hydrogen-bond acceptors (Lipinski definition) is 4. The van der Waals surface area contributed by atoms with Gasteiger partial charge < -0.3 is 10.6 Å². The van der Waals surface area contributed by atoms with Crippen LogP contribution >= 0.6 is 0 Å². The van der Waals surface area contributed by atoms with E-state index in [2.05, 4.69) is 24.5 Å². The monoisotopic (exact) mass is 327 g/mol. The number of nitrogens with one attached hydrogen (secondary N) is 2. The number of amides is 1. The fraction of sp³-hybridized carbons (Fsp3) is 0.278. The maximum Gasteiger partial charge on any atom is 0.292 e. The third kappa shape index (κ3) is 4.63. The molecule has 2 aromatic carbocycles. The number of nitro benzene ring substituents is 1. The molecule has 6 nitrogen and oxygen atoms in total. The van der Waals surface area contributed by atoms with Crippen molar-refractivity contribution in [1.29, 1.82) is 0 Å². The lowest BCUT2D eigenvalue weighted by Gasteiger charge is -2.22. The van der Waals surface area contributed by atoms with Gasteiger partial charge >= 0.3 is 0 Å². The zero-order valence-electron chi connectivity index (χ0n) is 13.7. The number of hydrogen-bond donors (Lipinski definition) is 2. The van der Waals surface area contributed by atoms with Gasteiger partial charge in [-0.25, -0.2) is 0 Å². The Morgan fingerprint density at radius 2 is 1.71 bits per heavy atom. The Hall–Kier alpha value is -2.73. The molecule has 0 aliphatic heterocycles. The fourth-order valence-electron chi connectivity index (χ4n) is 2.53. The largest absolute Gasteiger partial charge is 0.319 e. The number of benzene rings is 2. The minimum Gasteiger partial charge on any atom is -0.319 e. The van der Waals surface area contributed by atoms with E-state index in [1.807, 2.05) is 30.3 Å². The lowest BCUT2D eigenvalue weighted by Crippen LogP contribution is -2.33. The van der Waals surface area contributed by atoms with Crippen molar-refractivity contribution >= 4 is 17.3 Å². The molecule has 0 saturated heterocycles. The van der Waals surface area contributed by atoms with Gasteiger partial charge in [0.2, 0.25) is 5.91 Å². The van der Waals surface area contributed by atoms with Crippen LogP contribution in [0.15, 0.2) is 54.6 Å². The van der Waals surface area contributed by atoms with E-state index >= 15 is 0 Å². The SMILES string of the molecule is CC(C)[C@H](NCC(=O)Nc1ccccc1[N+](=O)[O-])c1ccccc1. The highest BCUT2D eigenvalue weighted by atomic mass is 16.6. The second kappa shape index (κ2) is 8.21. The van der Waals surface area contributed by atoms with E-state index in [0.29, 0.717) is 5.92 Å². The lowest BCUT2D eigenvalue weighted by atomic mass is 9.96. The summed E-state index contributed by atoms with van der Waals surface area (Å²) < 4.78 is 0. The highest BCUT2D eigenvalue weighted by Crippen LogP contribution is 2.23. The first-order valence-corrected chi connectivity index (χ1v) is 7.80. The fourth-order valence-corrected chi connectivity index (χ4v) is 2.53. The average molecular weight is 327 g/mol. The Bertz CT molecular complexity index is 702. The van der Waals surface area contributed by atoms with Gasteiger partial charge in [0.1, 0.15) is 5.69 Å². The second-order valence-electron chi connectivity index (χ2n) is 5.84. The van der Waals surface area contributed by atoms with Gasteiger partial charge in [0.05, 0.1) is 11.5 Å². The van der Waals surface area contributed by atoms with Crippen molar-refractivity contribution in [3.63, 3.8) is 0 Å². The summed E-state index contributed by atoms with van der Waals surface area (Å²) in [6.45, 7) is 4.22. The number of carbonyl (C=O) groups excluding carboxylic acids is 1. The van der Waals surface area contributed by atoms with Crippen LogP contribution in [-0.4, -0.2) is 17.4 Å². The van der Waals surface area contributed by atoms with Gasteiger partial charge in [0.15, 0.2) is 0 Å². The highest BCUT2D eigenvalue weighted by Gasteiger charge is 2.18. The summed E-state index contributed by atoms with van der Waals surface area (Å²) >= 11 is 0. The number of carbonyl (C=O) groups is 1. The first kappa shape index (κ1) is 17.6. The molecule has 0 aliphatic rings. The molecule has 6 heteroatoms. The van der Waals surface area contributed by atoms with Crippen LogP contribution in [0.3, 0.4) is 0 Å². The summed E-state index contributed by atoms with van der Waals surface area (Å²) in [7, 11) is 0. The first-order valence-electron chi connectivity index (χ1n) is 7.80. The van der Waals surface area contributed by atoms with Gasteiger partial charge in [0.25, 0.3) is 5.69 Å². The summed E-state index contributed by atoms with van der Waals surface area (Å²) in [5.41, 5.74) is 1.19. The Labute approximate surface area is 141 Å². The molecule has 1 atom stereocenters. The maximum atomic E-state index is 12.1. The predicted octanol–water partition coefficient (Wildman–Crippen LogP) is 3.52. The van der Waals surface area contributed by atoms with Gasteiger partial charge in [-0.1, -0.05) is 56.3 Å². The van der Waals surface area contributed by atoms with Crippen LogP contribution in [-0.2, 0) is 4.79 Å². The summed E-state index contributed by atoms with van der Waals surface area (Å²) in [4.78, 5) is 22.6. The van der Waals surface area contributed by atoms with Crippen LogP contribution in [0.2, 0.25) is 0 Å². The second-order valence-corrected chi connectivity index (χ2v) is 5.84. The summed E-state index contributed by atoms with van der Waals surface area (Å²) in [6.07, 6.45) is 0. The minimum absolute atomic E-state index is 0.0303. The van der Waals surface area contributed by atoms with E-state index in [1.54, 1.807) is 12.1 Å². The molecule has 0 heterocycles. The maximum absolute atomic E-state index is 12.1. The van der Waals surface area contributed by atoms with Gasteiger partial charge in [0, 0.05) is 12.1 Å². The number of rotatable bonds is 7. The van der Waals surface area contributed by atoms with E-state index in [-0.39, 0.29) is 29.9 Å². The van der Waals surface area contributed by atoms with Crippen LogP contribution in [0, 0.1) is 16.0 Å². The number of para-hydroxylation sites is 2. The van der Waals surface area contributed by atoms with Gasteiger partial charge in [-0.2, -0.15) is 0 Å². The lowest BCUT2D eigenvalue weighted by molar-refractivity contribution is -0.383. The molecule has 0 saturated carbocycles. The molecule has 0 unspecified atom stereocenters. The summed E-state index contributed by atoms with van der Waals surface area (Å²) in [5, 5.41) is 16.8.